The van der Waals surface area contributed by atoms with Crippen LogP contribution in [0.5, 0.6) is 0 Å². The van der Waals surface area contributed by atoms with Gasteiger partial charge in [0.1, 0.15) is 0 Å². The van der Waals surface area contributed by atoms with Crippen LogP contribution in [-0.4, -0.2) is 13.1 Å². The highest BCUT2D eigenvalue weighted by Gasteiger charge is 2.34. The van der Waals surface area contributed by atoms with Gasteiger partial charge in [0.2, 0.25) is 0 Å². The minimum absolute atomic E-state index is 0.662. The van der Waals surface area contributed by atoms with Crippen LogP contribution in [0.4, 0.5) is 0 Å². The summed E-state index contributed by atoms with van der Waals surface area (Å²) in [7, 11) is 0. The molecular formula is C12H23N. The minimum Gasteiger partial charge on any atom is -0.313 e. The third-order valence-electron chi connectivity index (χ3n) is 3.32. The van der Waals surface area contributed by atoms with Gasteiger partial charge in [0.25, 0.3) is 0 Å². The summed E-state index contributed by atoms with van der Waals surface area (Å²) in [6.45, 7) is 8.89. The first kappa shape index (κ1) is 10.8. The van der Waals surface area contributed by atoms with E-state index in [0.29, 0.717) is 5.41 Å². The fourth-order valence-corrected chi connectivity index (χ4v) is 1.95. The first-order chi connectivity index (χ1) is 6.18. The van der Waals surface area contributed by atoms with Crippen LogP contribution < -0.4 is 5.32 Å². The van der Waals surface area contributed by atoms with Gasteiger partial charge in [-0.25, -0.2) is 0 Å². The lowest BCUT2D eigenvalue weighted by Gasteiger charge is -2.41. The largest absolute Gasteiger partial charge is 0.313 e. The third-order valence-corrected chi connectivity index (χ3v) is 3.32. The summed E-state index contributed by atoms with van der Waals surface area (Å²) in [4.78, 5) is 0. The lowest BCUT2D eigenvalue weighted by molar-refractivity contribution is 0.126. The molecule has 1 rings (SSSR count). The van der Waals surface area contributed by atoms with E-state index < -0.39 is 0 Å². The molecule has 13 heavy (non-hydrogen) atoms. The fraction of sp³-hybridized carbons (Fsp3) is 0.833. The zero-order chi connectivity index (χ0) is 9.73. The van der Waals surface area contributed by atoms with Crippen molar-refractivity contribution in [3.05, 3.63) is 11.6 Å². The SMILES string of the molecule is CCC1(CNCC=C(C)C)CCC1. The van der Waals surface area contributed by atoms with Gasteiger partial charge in [0.05, 0.1) is 0 Å². The van der Waals surface area contributed by atoms with E-state index in [-0.39, 0.29) is 0 Å². The molecule has 1 N–H and O–H groups in total. The molecule has 1 aliphatic rings. The molecule has 0 bridgehead atoms. The molecule has 0 spiro atoms. The second-order valence-corrected chi connectivity index (χ2v) is 4.62. The van der Waals surface area contributed by atoms with Crippen LogP contribution in [0.1, 0.15) is 46.5 Å². The average molecular weight is 181 g/mol. The topological polar surface area (TPSA) is 12.0 Å². The van der Waals surface area contributed by atoms with Gasteiger partial charge in [-0.1, -0.05) is 25.0 Å². The number of hydrogen-bond donors (Lipinski definition) is 1. The fourth-order valence-electron chi connectivity index (χ4n) is 1.95. The molecule has 0 aromatic rings. The third kappa shape index (κ3) is 3.15. The van der Waals surface area contributed by atoms with Crippen molar-refractivity contribution in [1.29, 1.82) is 0 Å². The predicted octanol–water partition coefficient (Wildman–Crippen LogP) is 3.12. The molecule has 0 aromatic heterocycles. The van der Waals surface area contributed by atoms with Crippen molar-refractivity contribution < 1.29 is 0 Å². The Balaban J connectivity index is 2.14. The Labute approximate surface area is 82.6 Å². The molecule has 0 radical (unpaired) electrons. The van der Waals surface area contributed by atoms with E-state index in [1.807, 2.05) is 0 Å². The smallest absolute Gasteiger partial charge is 0.0137 e. The molecule has 1 heteroatoms. The Bertz CT molecular complexity index is 168. The molecule has 1 saturated carbocycles. The van der Waals surface area contributed by atoms with Crippen LogP contribution in [0, 0.1) is 5.41 Å². The Hall–Kier alpha value is -0.300. The van der Waals surface area contributed by atoms with Gasteiger partial charge >= 0.3 is 0 Å². The first-order valence-corrected chi connectivity index (χ1v) is 5.53. The van der Waals surface area contributed by atoms with Crippen molar-refractivity contribution in [2.45, 2.75) is 46.5 Å². The van der Waals surface area contributed by atoms with Crippen molar-refractivity contribution in [3.8, 4) is 0 Å². The molecular weight excluding hydrogens is 158 g/mol. The van der Waals surface area contributed by atoms with E-state index in [9.17, 15) is 0 Å². The minimum atomic E-state index is 0.662. The van der Waals surface area contributed by atoms with E-state index in [2.05, 4.69) is 32.2 Å². The Morgan fingerprint density at radius 1 is 1.38 bits per heavy atom. The second kappa shape index (κ2) is 4.80. The van der Waals surface area contributed by atoms with Crippen LogP contribution in [0.2, 0.25) is 0 Å². The summed E-state index contributed by atoms with van der Waals surface area (Å²) in [5.41, 5.74) is 2.07. The summed E-state index contributed by atoms with van der Waals surface area (Å²) < 4.78 is 0. The Kier molecular flexibility index (Phi) is 3.98. The van der Waals surface area contributed by atoms with Gasteiger partial charge in [-0.2, -0.15) is 0 Å². The van der Waals surface area contributed by atoms with Crippen molar-refractivity contribution in [1.82, 2.24) is 5.32 Å². The highest BCUT2D eigenvalue weighted by atomic mass is 14.9. The van der Waals surface area contributed by atoms with Crippen LogP contribution in [0.15, 0.2) is 11.6 Å². The van der Waals surface area contributed by atoms with Gasteiger partial charge in [0.15, 0.2) is 0 Å². The lowest BCUT2D eigenvalue weighted by atomic mass is 9.67. The van der Waals surface area contributed by atoms with E-state index in [4.69, 9.17) is 0 Å². The van der Waals surface area contributed by atoms with Crippen LogP contribution in [-0.2, 0) is 0 Å². The molecule has 1 nitrogen and oxygen atoms in total. The quantitative estimate of drug-likeness (QED) is 0.507. The first-order valence-electron chi connectivity index (χ1n) is 5.53. The summed E-state index contributed by atoms with van der Waals surface area (Å²) >= 11 is 0. The molecule has 0 aromatic carbocycles. The van der Waals surface area contributed by atoms with E-state index in [0.717, 1.165) is 6.54 Å². The maximum atomic E-state index is 3.53. The van der Waals surface area contributed by atoms with E-state index in [1.54, 1.807) is 0 Å². The van der Waals surface area contributed by atoms with Crippen molar-refractivity contribution in [2.75, 3.05) is 13.1 Å². The van der Waals surface area contributed by atoms with Gasteiger partial charge in [-0.15, -0.1) is 0 Å². The Morgan fingerprint density at radius 2 is 2.08 bits per heavy atom. The standard InChI is InChI=1S/C12H23N/c1-4-12(7-5-8-12)10-13-9-6-11(2)3/h6,13H,4-5,7-10H2,1-3H3. The van der Waals surface area contributed by atoms with Gasteiger partial charge in [0, 0.05) is 13.1 Å². The number of allylic oxidation sites excluding steroid dienone is 1. The van der Waals surface area contributed by atoms with Crippen molar-refractivity contribution >= 4 is 0 Å². The normalized spacial score (nSPS) is 19.3. The highest BCUT2D eigenvalue weighted by Crippen LogP contribution is 2.42. The monoisotopic (exact) mass is 181 g/mol. The Morgan fingerprint density at radius 3 is 2.46 bits per heavy atom. The van der Waals surface area contributed by atoms with Crippen LogP contribution in [0.3, 0.4) is 0 Å². The molecule has 1 aliphatic carbocycles. The zero-order valence-corrected chi connectivity index (χ0v) is 9.32. The van der Waals surface area contributed by atoms with Gasteiger partial charge in [-0.3, -0.25) is 0 Å². The van der Waals surface area contributed by atoms with Crippen molar-refractivity contribution in [3.63, 3.8) is 0 Å². The maximum Gasteiger partial charge on any atom is 0.0137 e. The lowest BCUT2D eigenvalue weighted by Crippen LogP contribution is -2.39. The van der Waals surface area contributed by atoms with Crippen molar-refractivity contribution in [2.24, 2.45) is 5.41 Å². The summed E-state index contributed by atoms with van der Waals surface area (Å²) in [6.07, 6.45) is 7.92. The summed E-state index contributed by atoms with van der Waals surface area (Å²) in [6, 6.07) is 0. The van der Waals surface area contributed by atoms with Crippen LogP contribution >= 0.6 is 0 Å². The number of hydrogen-bond acceptors (Lipinski definition) is 1. The predicted molar refractivity (Wildman–Crippen MR) is 58.9 cm³/mol. The number of rotatable bonds is 5. The molecule has 0 unspecified atom stereocenters. The van der Waals surface area contributed by atoms with E-state index >= 15 is 0 Å². The second-order valence-electron chi connectivity index (χ2n) is 4.62. The van der Waals surface area contributed by atoms with Gasteiger partial charge in [-0.05, 0) is 38.5 Å². The molecule has 0 aliphatic heterocycles. The van der Waals surface area contributed by atoms with Crippen LogP contribution in [0.25, 0.3) is 0 Å². The average Bonchev–Trinajstić information content (AvgIpc) is 2.01. The maximum absolute atomic E-state index is 3.53. The zero-order valence-electron chi connectivity index (χ0n) is 9.32. The molecule has 1 fully saturated rings. The summed E-state index contributed by atoms with van der Waals surface area (Å²) in [5, 5.41) is 3.53. The molecule has 0 saturated heterocycles. The highest BCUT2D eigenvalue weighted by molar-refractivity contribution is 4.95. The molecule has 0 amide bonds. The van der Waals surface area contributed by atoms with Gasteiger partial charge < -0.3 is 5.32 Å². The number of nitrogens with one attached hydrogen (secondary N) is 1. The molecule has 76 valence electrons. The molecule has 0 heterocycles. The van der Waals surface area contributed by atoms with E-state index in [1.165, 1.54) is 37.8 Å². The molecule has 0 atom stereocenters. The summed E-state index contributed by atoms with van der Waals surface area (Å²) in [5.74, 6) is 0.